The molecule has 0 aliphatic heterocycles. The minimum absolute atomic E-state index is 0.0944. The SMILES string of the molecule is Cc1ccc(OC(CC(F)(F)F)C(=O)[O-])c(-c2nsc3ccc(-n4c(=O)cc(C(F)(F)F)n(C)c4=O)cc23)c1. The maximum absolute atomic E-state index is 13.2. The van der Waals surface area contributed by atoms with Gasteiger partial charge in [-0.2, -0.15) is 30.7 Å². The molecule has 39 heavy (non-hydrogen) atoms. The zero-order chi connectivity index (χ0) is 28.9. The number of alkyl halides is 6. The zero-order valence-corrected chi connectivity index (χ0v) is 20.7. The standard InChI is InChI=1S/C24H17F6N3O5S/c1-11-3-5-15(38-16(21(35)36)10-23(25,26)27)13(7-11)20-14-8-12(4-6-17(14)39-31-20)33-19(34)9-18(24(28,29)30)32(2)22(33)37/h3-9,16H,10H2,1-2H3,(H,35,36)/p-1. The first-order valence-electron chi connectivity index (χ1n) is 10.9. The van der Waals surface area contributed by atoms with E-state index in [1.54, 1.807) is 6.92 Å². The maximum atomic E-state index is 13.2. The van der Waals surface area contributed by atoms with Crippen LogP contribution >= 0.6 is 11.5 Å². The largest absolute Gasteiger partial charge is 0.546 e. The molecule has 1 atom stereocenters. The van der Waals surface area contributed by atoms with Crippen molar-refractivity contribution < 1.29 is 41.0 Å². The lowest BCUT2D eigenvalue weighted by Crippen LogP contribution is -2.42. The number of nitrogens with zero attached hydrogens (tertiary/aromatic N) is 3. The van der Waals surface area contributed by atoms with Gasteiger partial charge < -0.3 is 14.6 Å². The Bertz CT molecular complexity index is 1700. The molecule has 1 unspecified atom stereocenters. The fourth-order valence-electron chi connectivity index (χ4n) is 3.86. The number of carboxylic acids is 1. The van der Waals surface area contributed by atoms with Gasteiger partial charge in [-0.05, 0) is 48.8 Å². The summed E-state index contributed by atoms with van der Waals surface area (Å²) >= 11 is 0.946. The summed E-state index contributed by atoms with van der Waals surface area (Å²) in [6.45, 7) is 1.66. The van der Waals surface area contributed by atoms with Gasteiger partial charge in [0.25, 0.3) is 5.56 Å². The number of hydrogen-bond donors (Lipinski definition) is 0. The van der Waals surface area contributed by atoms with Gasteiger partial charge in [0.2, 0.25) is 0 Å². The van der Waals surface area contributed by atoms with E-state index in [2.05, 4.69) is 4.37 Å². The lowest BCUT2D eigenvalue weighted by Gasteiger charge is -2.23. The monoisotopic (exact) mass is 572 g/mol. The quantitative estimate of drug-likeness (QED) is 0.327. The first-order valence-corrected chi connectivity index (χ1v) is 11.7. The van der Waals surface area contributed by atoms with Crippen LogP contribution in [0.15, 0.2) is 52.1 Å². The van der Waals surface area contributed by atoms with E-state index in [1.807, 2.05) is 0 Å². The highest BCUT2D eigenvalue weighted by atomic mass is 32.1. The summed E-state index contributed by atoms with van der Waals surface area (Å²) in [7, 11) is 0.863. The van der Waals surface area contributed by atoms with E-state index in [1.165, 1.54) is 36.4 Å². The van der Waals surface area contributed by atoms with Gasteiger partial charge in [0, 0.05) is 24.1 Å². The van der Waals surface area contributed by atoms with Crippen molar-refractivity contribution >= 4 is 27.6 Å². The molecular weight excluding hydrogens is 556 g/mol. The van der Waals surface area contributed by atoms with Gasteiger partial charge in [0.15, 0.2) is 0 Å². The van der Waals surface area contributed by atoms with Crippen LogP contribution in [0, 0.1) is 6.92 Å². The predicted octanol–water partition coefficient (Wildman–Crippen LogP) is 3.59. The van der Waals surface area contributed by atoms with Gasteiger partial charge >= 0.3 is 18.0 Å². The van der Waals surface area contributed by atoms with Crippen LogP contribution in [0.1, 0.15) is 17.7 Å². The van der Waals surface area contributed by atoms with E-state index >= 15 is 0 Å². The van der Waals surface area contributed by atoms with Gasteiger partial charge in [0.1, 0.15) is 17.5 Å². The number of carboxylic acid groups (broad SMARTS) is 1. The van der Waals surface area contributed by atoms with Crippen molar-refractivity contribution in [2.75, 3.05) is 0 Å². The lowest BCUT2D eigenvalue weighted by molar-refractivity contribution is -0.317. The Morgan fingerprint density at radius 2 is 1.77 bits per heavy atom. The Kier molecular flexibility index (Phi) is 7.06. The van der Waals surface area contributed by atoms with Crippen molar-refractivity contribution in [2.24, 2.45) is 7.05 Å². The van der Waals surface area contributed by atoms with Gasteiger partial charge in [-0.15, -0.1) is 0 Å². The minimum Gasteiger partial charge on any atom is -0.546 e. The summed E-state index contributed by atoms with van der Waals surface area (Å²) in [5, 5.41) is 11.6. The first kappa shape index (κ1) is 27.9. The molecule has 2 aromatic heterocycles. The zero-order valence-electron chi connectivity index (χ0n) is 19.9. The summed E-state index contributed by atoms with van der Waals surface area (Å²) < 4.78 is 89.2. The highest BCUT2D eigenvalue weighted by Gasteiger charge is 2.36. The molecule has 4 rings (SSSR count). The third kappa shape index (κ3) is 5.67. The molecule has 0 amide bonds. The summed E-state index contributed by atoms with van der Waals surface area (Å²) in [5.74, 6) is -2.33. The molecule has 0 radical (unpaired) electrons. The number of benzene rings is 2. The highest BCUT2D eigenvalue weighted by Crippen LogP contribution is 2.38. The van der Waals surface area contributed by atoms with Gasteiger partial charge in [0.05, 0.1) is 28.5 Å². The second-order valence-electron chi connectivity index (χ2n) is 8.50. The van der Waals surface area contributed by atoms with Crippen LogP contribution in [0.2, 0.25) is 0 Å². The van der Waals surface area contributed by atoms with Crippen molar-refractivity contribution in [3.05, 3.63) is 74.6 Å². The van der Waals surface area contributed by atoms with E-state index in [0.717, 1.165) is 18.6 Å². The fraction of sp³-hybridized carbons (Fsp3) is 0.250. The van der Waals surface area contributed by atoms with E-state index in [0.29, 0.717) is 14.8 Å². The predicted molar refractivity (Wildman–Crippen MR) is 126 cm³/mol. The topological polar surface area (TPSA) is 106 Å². The summed E-state index contributed by atoms with van der Waals surface area (Å²) in [6, 6.07) is 8.60. The number of aryl methyl sites for hydroxylation is 1. The molecule has 0 N–H and O–H groups in total. The number of aliphatic carboxylic acids is 1. The van der Waals surface area contributed by atoms with Crippen molar-refractivity contribution in [1.82, 2.24) is 13.5 Å². The van der Waals surface area contributed by atoms with E-state index in [-0.39, 0.29) is 38.7 Å². The average molecular weight is 572 g/mol. The van der Waals surface area contributed by atoms with Gasteiger partial charge in [-0.3, -0.25) is 9.36 Å². The Labute approximate surface area is 218 Å². The number of rotatable bonds is 6. The van der Waals surface area contributed by atoms with Crippen LogP contribution < -0.4 is 21.1 Å². The summed E-state index contributed by atoms with van der Waals surface area (Å²) in [4.78, 5) is 36.6. The molecule has 0 fully saturated rings. The first-order chi connectivity index (χ1) is 18.1. The van der Waals surface area contributed by atoms with Crippen molar-refractivity contribution in [1.29, 1.82) is 0 Å². The van der Waals surface area contributed by atoms with Crippen LogP contribution in [0.25, 0.3) is 27.0 Å². The number of fused-ring (bicyclic) bond motifs is 1. The summed E-state index contributed by atoms with van der Waals surface area (Å²) in [6.07, 6.45) is -14.0. The molecule has 0 aliphatic rings. The number of carbonyl (C=O) groups excluding carboxylic acids is 1. The number of hydrogen-bond acceptors (Lipinski definition) is 7. The number of carbonyl (C=O) groups is 1. The van der Waals surface area contributed by atoms with Crippen LogP contribution in [-0.2, 0) is 18.0 Å². The average Bonchev–Trinajstić information content (AvgIpc) is 3.23. The molecule has 4 aromatic rings. The molecule has 0 saturated heterocycles. The van der Waals surface area contributed by atoms with E-state index < -0.39 is 47.8 Å². The molecule has 0 saturated carbocycles. The smallest absolute Gasteiger partial charge is 0.431 e. The molecule has 0 spiro atoms. The number of aromatic nitrogens is 3. The Morgan fingerprint density at radius 3 is 2.38 bits per heavy atom. The third-order valence-electron chi connectivity index (χ3n) is 5.66. The minimum atomic E-state index is -4.95. The van der Waals surface area contributed by atoms with Gasteiger partial charge in [-0.25, -0.2) is 9.36 Å². The molecule has 0 aliphatic carbocycles. The number of halogens is 6. The van der Waals surface area contributed by atoms with E-state index in [4.69, 9.17) is 4.74 Å². The Hall–Kier alpha value is -4.14. The highest BCUT2D eigenvalue weighted by molar-refractivity contribution is 7.13. The second kappa shape index (κ2) is 9.87. The Balaban J connectivity index is 1.87. The normalized spacial score (nSPS) is 13.0. The molecule has 2 aromatic carbocycles. The lowest BCUT2D eigenvalue weighted by atomic mass is 10.0. The van der Waals surface area contributed by atoms with Crippen molar-refractivity contribution in [3.8, 4) is 22.7 Å². The fourth-order valence-corrected chi connectivity index (χ4v) is 4.63. The molecule has 206 valence electrons. The number of ether oxygens (including phenoxy) is 1. The van der Waals surface area contributed by atoms with Crippen LogP contribution in [0.5, 0.6) is 5.75 Å². The van der Waals surface area contributed by atoms with Crippen LogP contribution in [0.4, 0.5) is 26.3 Å². The molecule has 2 heterocycles. The molecule has 15 heteroatoms. The summed E-state index contributed by atoms with van der Waals surface area (Å²) in [5.41, 5.74) is -3.18. The van der Waals surface area contributed by atoms with E-state index in [9.17, 15) is 45.8 Å². The maximum Gasteiger partial charge on any atom is 0.431 e. The third-order valence-corrected chi connectivity index (χ3v) is 6.49. The second-order valence-corrected chi connectivity index (χ2v) is 9.30. The molecule has 0 bridgehead atoms. The van der Waals surface area contributed by atoms with Crippen LogP contribution in [0.3, 0.4) is 0 Å². The van der Waals surface area contributed by atoms with Crippen molar-refractivity contribution in [2.45, 2.75) is 31.8 Å². The molecular formula is C24H16F6N3O5S-. The van der Waals surface area contributed by atoms with Crippen LogP contribution in [-0.4, -0.2) is 31.8 Å². The Morgan fingerprint density at radius 1 is 1.08 bits per heavy atom. The van der Waals surface area contributed by atoms with Crippen molar-refractivity contribution in [3.63, 3.8) is 0 Å². The van der Waals surface area contributed by atoms with Gasteiger partial charge in [-0.1, -0.05) is 11.6 Å². The molecule has 8 nitrogen and oxygen atoms in total.